The summed E-state index contributed by atoms with van der Waals surface area (Å²) in [4.78, 5) is 0. The Bertz CT molecular complexity index is 496. The van der Waals surface area contributed by atoms with Gasteiger partial charge in [-0.15, -0.1) is 0 Å². The molecule has 0 spiro atoms. The standard InChI is InChI=1S/C15H21N3/c1-3-18-14(6-11(2)17-18)9-15(10-16)8-12-4-5-13(15)7-12/h6,12-13H,3-5,7-9H2,1-2H3. The minimum Gasteiger partial charge on any atom is -0.270 e. The van der Waals surface area contributed by atoms with Crippen LogP contribution in [0.4, 0.5) is 0 Å². The quantitative estimate of drug-likeness (QED) is 0.818. The second kappa shape index (κ2) is 4.12. The number of aromatic nitrogens is 2. The summed E-state index contributed by atoms with van der Waals surface area (Å²) in [5, 5.41) is 14.2. The highest BCUT2D eigenvalue weighted by Gasteiger charge is 2.51. The molecule has 0 N–H and O–H groups in total. The smallest absolute Gasteiger partial charge is 0.0696 e. The Kier molecular flexibility index (Phi) is 2.69. The fourth-order valence-corrected chi connectivity index (χ4v) is 4.18. The lowest BCUT2D eigenvalue weighted by molar-refractivity contribution is 0.234. The van der Waals surface area contributed by atoms with E-state index in [-0.39, 0.29) is 5.41 Å². The molecule has 0 aromatic carbocycles. The van der Waals surface area contributed by atoms with E-state index in [0.717, 1.165) is 31.0 Å². The Balaban J connectivity index is 1.89. The first-order valence-electron chi connectivity index (χ1n) is 7.11. The highest BCUT2D eigenvalue weighted by Crippen LogP contribution is 2.56. The van der Waals surface area contributed by atoms with Crippen molar-refractivity contribution >= 4 is 0 Å². The molecule has 3 nitrogen and oxygen atoms in total. The first kappa shape index (κ1) is 11.8. The third kappa shape index (κ3) is 1.67. The van der Waals surface area contributed by atoms with E-state index in [1.165, 1.54) is 25.0 Å². The van der Waals surface area contributed by atoms with Gasteiger partial charge in [0.2, 0.25) is 0 Å². The zero-order valence-electron chi connectivity index (χ0n) is 11.3. The number of hydrogen-bond acceptors (Lipinski definition) is 2. The molecule has 2 fully saturated rings. The number of rotatable bonds is 3. The maximum Gasteiger partial charge on any atom is 0.0696 e. The molecule has 18 heavy (non-hydrogen) atoms. The molecule has 2 saturated carbocycles. The molecule has 3 rings (SSSR count). The van der Waals surface area contributed by atoms with Gasteiger partial charge in [0.25, 0.3) is 0 Å². The first-order valence-corrected chi connectivity index (χ1v) is 7.11. The monoisotopic (exact) mass is 243 g/mol. The van der Waals surface area contributed by atoms with Gasteiger partial charge in [-0.2, -0.15) is 10.4 Å². The lowest BCUT2D eigenvalue weighted by atomic mass is 9.71. The average molecular weight is 243 g/mol. The lowest BCUT2D eigenvalue weighted by Crippen LogP contribution is -2.29. The molecule has 3 heteroatoms. The number of aryl methyl sites for hydroxylation is 2. The van der Waals surface area contributed by atoms with Crippen molar-refractivity contribution in [2.45, 2.75) is 52.5 Å². The number of nitrogens with zero attached hydrogens (tertiary/aromatic N) is 3. The van der Waals surface area contributed by atoms with E-state index in [1.54, 1.807) is 0 Å². The predicted octanol–water partition coefficient (Wildman–Crippen LogP) is 3.08. The topological polar surface area (TPSA) is 41.6 Å². The van der Waals surface area contributed by atoms with Gasteiger partial charge in [-0.05, 0) is 51.0 Å². The summed E-state index contributed by atoms with van der Waals surface area (Å²) in [6, 6.07) is 4.84. The molecule has 2 bridgehead atoms. The van der Waals surface area contributed by atoms with Gasteiger partial charge in [0.15, 0.2) is 0 Å². The van der Waals surface area contributed by atoms with Gasteiger partial charge >= 0.3 is 0 Å². The Labute approximate surface area is 109 Å². The second-order valence-corrected chi connectivity index (χ2v) is 6.12. The minimum absolute atomic E-state index is 0.0949. The highest BCUT2D eigenvalue weighted by atomic mass is 15.3. The SMILES string of the molecule is CCn1nc(C)cc1CC1(C#N)CC2CCC1C2. The van der Waals surface area contributed by atoms with Gasteiger partial charge < -0.3 is 0 Å². The Hall–Kier alpha value is -1.30. The zero-order chi connectivity index (χ0) is 12.8. The molecule has 0 aliphatic heterocycles. The summed E-state index contributed by atoms with van der Waals surface area (Å²) >= 11 is 0. The van der Waals surface area contributed by atoms with E-state index in [0.29, 0.717) is 5.92 Å². The van der Waals surface area contributed by atoms with E-state index >= 15 is 0 Å². The summed E-state index contributed by atoms with van der Waals surface area (Å²) in [5.74, 6) is 1.45. The Morgan fingerprint density at radius 1 is 1.56 bits per heavy atom. The average Bonchev–Trinajstić information content (AvgIpc) is 3.03. The van der Waals surface area contributed by atoms with Gasteiger partial charge in [-0.25, -0.2) is 0 Å². The fraction of sp³-hybridized carbons (Fsp3) is 0.733. The zero-order valence-corrected chi connectivity index (χ0v) is 11.3. The van der Waals surface area contributed by atoms with Crippen LogP contribution in [0.15, 0.2) is 6.07 Å². The summed E-state index contributed by atoms with van der Waals surface area (Å²) in [7, 11) is 0. The summed E-state index contributed by atoms with van der Waals surface area (Å²) in [5.41, 5.74) is 2.23. The van der Waals surface area contributed by atoms with Gasteiger partial charge in [0, 0.05) is 18.7 Å². The van der Waals surface area contributed by atoms with Crippen LogP contribution in [0.2, 0.25) is 0 Å². The summed E-state index contributed by atoms with van der Waals surface area (Å²) < 4.78 is 2.07. The van der Waals surface area contributed by atoms with Gasteiger partial charge in [-0.1, -0.05) is 6.42 Å². The van der Waals surface area contributed by atoms with Crippen LogP contribution in [0, 0.1) is 35.5 Å². The maximum atomic E-state index is 9.69. The summed E-state index contributed by atoms with van der Waals surface area (Å²) in [6.45, 7) is 5.06. The van der Waals surface area contributed by atoms with Crippen molar-refractivity contribution in [1.82, 2.24) is 9.78 Å². The Morgan fingerprint density at radius 3 is 2.94 bits per heavy atom. The molecule has 1 heterocycles. The normalized spacial score (nSPS) is 33.8. The third-order valence-corrected chi connectivity index (χ3v) is 4.98. The largest absolute Gasteiger partial charge is 0.270 e. The van der Waals surface area contributed by atoms with Crippen molar-refractivity contribution in [3.8, 4) is 6.07 Å². The molecule has 96 valence electrons. The molecular formula is C15H21N3. The molecule has 3 unspecified atom stereocenters. The molecule has 0 saturated heterocycles. The van der Waals surface area contributed by atoms with Crippen molar-refractivity contribution in [2.75, 3.05) is 0 Å². The molecule has 2 aliphatic rings. The van der Waals surface area contributed by atoms with E-state index in [2.05, 4.69) is 28.8 Å². The van der Waals surface area contributed by atoms with Crippen LogP contribution in [0.5, 0.6) is 0 Å². The minimum atomic E-state index is -0.0949. The predicted molar refractivity (Wildman–Crippen MR) is 69.8 cm³/mol. The van der Waals surface area contributed by atoms with Gasteiger partial charge in [0.1, 0.15) is 0 Å². The molecule has 2 aliphatic carbocycles. The van der Waals surface area contributed by atoms with Gasteiger partial charge in [0.05, 0.1) is 17.2 Å². The first-order chi connectivity index (χ1) is 8.66. The highest BCUT2D eigenvalue weighted by molar-refractivity contribution is 5.19. The number of nitriles is 1. The van der Waals surface area contributed by atoms with Crippen molar-refractivity contribution in [3.63, 3.8) is 0 Å². The summed E-state index contributed by atoms with van der Waals surface area (Å²) in [6.07, 6.45) is 5.91. The van der Waals surface area contributed by atoms with Crippen LogP contribution in [0.25, 0.3) is 0 Å². The van der Waals surface area contributed by atoms with Gasteiger partial charge in [-0.3, -0.25) is 4.68 Å². The van der Waals surface area contributed by atoms with E-state index in [4.69, 9.17) is 0 Å². The Morgan fingerprint density at radius 2 is 2.39 bits per heavy atom. The molecule has 0 radical (unpaired) electrons. The van der Waals surface area contributed by atoms with Crippen LogP contribution >= 0.6 is 0 Å². The second-order valence-electron chi connectivity index (χ2n) is 6.12. The fourth-order valence-electron chi connectivity index (χ4n) is 4.18. The lowest BCUT2D eigenvalue weighted by Gasteiger charge is -2.31. The van der Waals surface area contributed by atoms with Crippen molar-refractivity contribution in [2.24, 2.45) is 17.3 Å². The van der Waals surface area contributed by atoms with E-state index < -0.39 is 0 Å². The van der Waals surface area contributed by atoms with Crippen molar-refractivity contribution < 1.29 is 0 Å². The molecule has 1 aromatic heterocycles. The van der Waals surface area contributed by atoms with Crippen LogP contribution in [-0.2, 0) is 13.0 Å². The van der Waals surface area contributed by atoms with Crippen LogP contribution in [0.1, 0.15) is 44.0 Å². The van der Waals surface area contributed by atoms with E-state index in [9.17, 15) is 5.26 Å². The maximum absolute atomic E-state index is 9.69. The van der Waals surface area contributed by atoms with E-state index in [1.807, 2.05) is 6.92 Å². The molecular weight excluding hydrogens is 222 g/mol. The van der Waals surface area contributed by atoms with Crippen molar-refractivity contribution in [1.29, 1.82) is 5.26 Å². The van der Waals surface area contributed by atoms with Crippen LogP contribution in [-0.4, -0.2) is 9.78 Å². The van der Waals surface area contributed by atoms with Crippen molar-refractivity contribution in [3.05, 3.63) is 17.5 Å². The van der Waals surface area contributed by atoms with Crippen LogP contribution in [0.3, 0.4) is 0 Å². The molecule has 0 amide bonds. The number of fused-ring (bicyclic) bond motifs is 2. The molecule has 1 aromatic rings. The molecule has 3 atom stereocenters. The third-order valence-electron chi connectivity index (χ3n) is 4.98. The number of hydrogen-bond donors (Lipinski definition) is 0. The van der Waals surface area contributed by atoms with Crippen LogP contribution < -0.4 is 0 Å².